The average Bonchev–Trinajstić information content (AvgIpc) is 2.39. The molecule has 0 bridgehead atoms. The Morgan fingerprint density at radius 1 is 1.53 bits per heavy atom. The summed E-state index contributed by atoms with van der Waals surface area (Å²) in [6.07, 6.45) is 5.10. The van der Waals surface area contributed by atoms with Gasteiger partial charge >= 0.3 is 0 Å². The van der Waals surface area contributed by atoms with Crippen LogP contribution < -0.4 is 15.4 Å². The van der Waals surface area contributed by atoms with E-state index in [0.29, 0.717) is 6.54 Å². The monoisotopic (exact) mass is 260 g/mol. The third-order valence-electron chi connectivity index (χ3n) is 2.74. The number of aryl methyl sites for hydroxylation is 1. The lowest BCUT2D eigenvalue weighted by molar-refractivity contribution is -0.120. The van der Waals surface area contributed by atoms with Crippen LogP contribution in [0.3, 0.4) is 0 Å². The van der Waals surface area contributed by atoms with Crippen molar-refractivity contribution in [3.63, 3.8) is 0 Å². The fourth-order valence-electron chi connectivity index (χ4n) is 1.81. The van der Waals surface area contributed by atoms with Gasteiger partial charge in [-0.3, -0.25) is 10.1 Å². The summed E-state index contributed by atoms with van der Waals surface area (Å²) in [6.45, 7) is 4.53. The molecule has 1 unspecified atom stereocenters. The number of hydrogen-bond donors (Lipinski definition) is 2. The summed E-state index contributed by atoms with van der Waals surface area (Å²) in [6, 6.07) is 5.78. The number of carbonyl (C=O) groups is 1. The molecule has 0 aliphatic rings. The molecule has 1 atom stereocenters. The quantitative estimate of drug-likeness (QED) is 0.600. The third-order valence-corrected chi connectivity index (χ3v) is 2.74. The van der Waals surface area contributed by atoms with E-state index in [4.69, 9.17) is 11.2 Å². The lowest BCUT2D eigenvalue weighted by Crippen LogP contribution is -2.35. The highest BCUT2D eigenvalue weighted by molar-refractivity contribution is 5.78. The van der Waals surface area contributed by atoms with Crippen LogP contribution in [0.5, 0.6) is 5.75 Å². The molecular formula is C15H20N2O2. The van der Waals surface area contributed by atoms with E-state index in [1.807, 2.05) is 32.0 Å². The highest BCUT2D eigenvalue weighted by atomic mass is 16.5. The first-order valence-electron chi connectivity index (χ1n) is 6.16. The minimum absolute atomic E-state index is 0.0914. The maximum atomic E-state index is 11.7. The van der Waals surface area contributed by atoms with Crippen LogP contribution in [0.1, 0.15) is 24.1 Å². The zero-order valence-corrected chi connectivity index (χ0v) is 11.6. The van der Waals surface area contributed by atoms with Crippen LogP contribution in [-0.4, -0.2) is 26.1 Å². The Labute approximate surface area is 114 Å². The Balaban J connectivity index is 2.67. The van der Waals surface area contributed by atoms with Crippen LogP contribution in [0.2, 0.25) is 0 Å². The number of benzene rings is 1. The van der Waals surface area contributed by atoms with Gasteiger partial charge in [-0.25, -0.2) is 0 Å². The van der Waals surface area contributed by atoms with Crippen LogP contribution in [0, 0.1) is 19.3 Å². The van der Waals surface area contributed by atoms with Crippen molar-refractivity contribution in [2.75, 3.05) is 20.2 Å². The Hall–Kier alpha value is -1.99. The normalized spacial score (nSPS) is 11.5. The predicted octanol–water partition coefficient (Wildman–Crippen LogP) is 1.40. The van der Waals surface area contributed by atoms with E-state index in [0.717, 1.165) is 16.9 Å². The van der Waals surface area contributed by atoms with E-state index in [1.165, 1.54) is 0 Å². The van der Waals surface area contributed by atoms with Gasteiger partial charge in [0.05, 0.1) is 26.2 Å². The van der Waals surface area contributed by atoms with Gasteiger partial charge < -0.3 is 10.1 Å². The van der Waals surface area contributed by atoms with Gasteiger partial charge in [0.2, 0.25) is 5.91 Å². The topological polar surface area (TPSA) is 50.4 Å². The fraction of sp³-hybridized carbons (Fsp3) is 0.400. The number of ether oxygens (including phenoxy) is 1. The molecule has 0 saturated heterocycles. The molecule has 4 nitrogen and oxygen atoms in total. The molecule has 2 N–H and O–H groups in total. The van der Waals surface area contributed by atoms with Crippen LogP contribution >= 0.6 is 0 Å². The summed E-state index contributed by atoms with van der Waals surface area (Å²) < 4.78 is 5.31. The molecule has 0 heterocycles. The van der Waals surface area contributed by atoms with Gasteiger partial charge in [0, 0.05) is 5.56 Å². The summed E-state index contributed by atoms with van der Waals surface area (Å²) in [4.78, 5) is 11.7. The Bertz CT molecular complexity index is 478. The Morgan fingerprint density at radius 3 is 2.89 bits per heavy atom. The lowest BCUT2D eigenvalue weighted by Gasteiger charge is -2.18. The number of terminal acetylenes is 1. The summed E-state index contributed by atoms with van der Waals surface area (Å²) in [5.74, 6) is 3.10. The van der Waals surface area contributed by atoms with Crippen molar-refractivity contribution in [1.29, 1.82) is 0 Å². The van der Waals surface area contributed by atoms with Gasteiger partial charge in [-0.2, -0.15) is 0 Å². The smallest absolute Gasteiger partial charge is 0.234 e. The summed E-state index contributed by atoms with van der Waals surface area (Å²) in [5.41, 5.74) is 2.09. The van der Waals surface area contributed by atoms with Gasteiger partial charge in [-0.1, -0.05) is 23.6 Å². The molecule has 0 spiro atoms. The van der Waals surface area contributed by atoms with E-state index < -0.39 is 0 Å². The minimum atomic E-state index is -0.116. The number of hydrogen-bond acceptors (Lipinski definition) is 3. The average molecular weight is 260 g/mol. The second kappa shape index (κ2) is 7.45. The van der Waals surface area contributed by atoms with Crippen LogP contribution in [-0.2, 0) is 4.79 Å². The van der Waals surface area contributed by atoms with Crippen molar-refractivity contribution < 1.29 is 9.53 Å². The van der Waals surface area contributed by atoms with E-state index in [9.17, 15) is 4.79 Å². The zero-order chi connectivity index (χ0) is 14.3. The van der Waals surface area contributed by atoms with E-state index >= 15 is 0 Å². The summed E-state index contributed by atoms with van der Waals surface area (Å²) in [5, 5.41) is 5.76. The molecule has 0 radical (unpaired) electrons. The number of amides is 1. The second-order valence-electron chi connectivity index (χ2n) is 4.34. The first kappa shape index (κ1) is 15.1. The van der Waals surface area contributed by atoms with Crippen LogP contribution in [0.15, 0.2) is 18.2 Å². The molecule has 1 aromatic rings. The molecule has 19 heavy (non-hydrogen) atoms. The fourth-order valence-corrected chi connectivity index (χ4v) is 1.81. The minimum Gasteiger partial charge on any atom is -0.496 e. The molecule has 0 fully saturated rings. The molecule has 1 amide bonds. The SMILES string of the molecule is C#CCNCC(=O)NC(C)c1cc(C)ccc1OC. The van der Waals surface area contributed by atoms with Crippen molar-refractivity contribution in [2.24, 2.45) is 0 Å². The molecule has 0 aliphatic heterocycles. The maximum absolute atomic E-state index is 11.7. The Kier molecular flexibility index (Phi) is 5.91. The highest BCUT2D eigenvalue weighted by Crippen LogP contribution is 2.25. The highest BCUT2D eigenvalue weighted by Gasteiger charge is 2.13. The van der Waals surface area contributed by atoms with Gasteiger partial charge in [-0.05, 0) is 19.9 Å². The van der Waals surface area contributed by atoms with Crippen LogP contribution in [0.25, 0.3) is 0 Å². The van der Waals surface area contributed by atoms with Gasteiger partial charge in [0.1, 0.15) is 5.75 Å². The lowest BCUT2D eigenvalue weighted by atomic mass is 10.0. The number of nitrogens with one attached hydrogen (secondary N) is 2. The van der Waals surface area contributed by atoms with Crippen molar-refractivity contribution >= 4 is 5.91 Å². The molecule has 1 aromatic carbocycles. The predicted molar refractivity (Wildman–Crippen MR) is 76.0 cm³/mol. The largest absolute Gasteiger partial charge is 0.496 e. The molecule has 0 aliphatic carbocycles. The molecule has 0 aromatic heterocycles. The Morgan fingerprint density at radius 2 is 2.26 bits per heavy atom. The second-order valence-corrected chi connectivity index (χ2v) is 4.34. The van der Waals surface area contributed by atoms with Crippen molar-refractivity contribution in [3.8, 4) is 18.1 Å². The van der Waals surface area contributed by atoms with Gasteiger partial charge in [0.15, 0.2) is 0 Å². The first-order chi connectivity index (χ1) is 9.08. The van der Waals surface area contributed by atoms with E-state index in [2.05, 4.69) is 16.6 Å². The van der Waals surface area contributed by atoms with Crippen molar-refractivity contribution in [1.82, 2.24) is 10.6 Å². The van der Waals surface area contributed by atoms with E-state index in [1.54, 1.807) is 7.11 Å². The van der Waals surface area contributed by atoms with Crippen molar-refractivity contribution in [2.45, 2.75) is 19.9 Å². The summed E-state index contributed by atoms with van der Waals surface area (Å²) in [7, 11) is 1.62. The van der Waals surface area contributed by atoms with Crippen LogP contribution in [0.4, 0.5) is 0 Å². The molecule has 4 heteroatoms. The summed E-state index contributed by atoms with van der Waals surface area (Å²) >= 11 is 0. The van der Waals surface area contributed by atoms with Crippen molar-refractivity contribution in [3.05, 3.63) is 29.3 Å². The van der Waals surface area contributed by atoms with Gasteiger partial charge in [0.25, 0.3) is 0 Å². The zero-order valence-electron chi connectivity index (χ0n) is 11.6. The van der Waals surface area contributed by atoms with E-state index in [-0.39, 0.29) is 18.5 Å². The molecular weight excluding hydrogens is 240 g/mol. The van der Waals surface area contributed by atoms with Gasteiger partial charge in [-0.15, -0.1) is 6.42 Å². The number of carbonyl (C=O) groups excluding carboxylic acids is 1. The number of rotatable bonds is 6. The number of methoxy groups -OCH3 is 1. The third kappa shape index (κ3) is 4.65. The maximum Gasteiger partial charge on any atom is 0.234 e. The molecule has 0 saturated carbocycles. The standard InChI is InChI=1S/C15H20N2O2/c1-5-8-16-10-15(18)17-12(3)13-9-11(2)6-7-14(13)19-4/h1,6-7,9,12,16H,8,10H2,2-4H3,(H,17,18). The first-order valence-corrected chi connectivity index (χ1v) is 6.16. The molecule has 1 rings (SSSR count). The molecule has 102 valence electrons.